The average Bonchev–Trinajstić information content (AvgIpc) is 3.54. The van der Waals surface area contributed by atoms with E-state index in [9.17, 15) is 4.79 Å². The number of likely N-dealkylation sites (tertiary alicyclic amines) is 1. The summed E-state index contributed by atoms with van der Waals surface area (Å²) in [6, 6.07) is 0. The second-order valence-electron chi connectivity index (χ2n) is 11.8. The summed E-state index contributed by atoms with van der Waals surface area (Å²) in [6.45, 7) is 19.5. The van der Waals surface area contributed by atoms with Crippen LogP contribution in [0.3, 0.4) is 0 Å². The van der Waals surface area contributed by atoms with Crippen LogP contribution >= 0.6 is 0 Å². The predicted molar refractivity (Wildman–Crippen MR) is 187 cm³/mol. The van der Waals surface area contributed by atoms with Crippen LogP contribution < -0.4 is 5.32 Å². The van der Waals surface area contributed by atoms with Gasteiger partial charge in [0, 0.05) is 76.4 Å². The fraction of sp³-hybridized carbons (Fsp3) is 0.639. The van der Waals surface area contributed by atoms with Crippen LogP contribution in [0.25, 0.3) is 6.20 Å². The molecule has 0 atom stereocenters. The zero-order valence-electron chi connectivity index (χ0n) is 28.0. The van der Waals surface area contributed by atoms with Crippen molar-refractivity contribution in [3.05, 3.63) is 54.8 Å². The topological polar surface area (TPSA) is 69.0 Å². The molecule has 5 rings (SSSR count). The van der Waals surface area contributed by atoms with Crippen molar-refractivity contribution in [1.82, 2.24) is 24.3 Å². The normalized spacial score (nSPS) is 19.5. The molecule has 1 N–H and O–H groups in total. The summed E-state index contributed by atoms with van der Waals surface area (Å²) in [4.78, 5) is 29.5. The summed E-state index contributed by atoms with van der Waals surface area (Å²) in [6.07, 6.45) is 26.0. The van der Waals surface area contributed by atoms with E-state index >= 15 is 0 Å². The number of carbonyl (C=O) groups excluding carboxylic acids is 1. The number of nitrogens with zero attached hydrogens (tertiary/aromatic N) is 6. The minimum Gasteiger partial charge on any atom is -0.372 e. The molecule has 1 aliphatic carbocycles. The van der Waals surface area contributed by atoms with Gasteiger partial charge in [-0.3, -0.25) is 19.3 Å². The van der Waals surface area contributed by atoms with Gasteiger partial charge in [0.05, 0.1) is 12.2 Å². The number of piperazine rings is 1. The van der Waals surface area contributed by atoms with Crippen LogP contribution in [0.4, 0.5) is 5.82 Å². The summed E-state index contributed by atoms with van der Waals surface area (Å²) in [5, 5.41) is 3.47. The van der Waals surface area contributed by atoms with E-state index in [2.05, 4.69) is 63.0 Å². The van der Waals surface area contributed by atoms with Gasteiger partial charge in [-0.05, 0) is 44.7 Å². The molecule has 4 aliphatic rings. The molecular formula is C36H59N7O. The van der Waals surface area contributed by atoms with Gasteiger partial charge in [0.2, 0.25) is 5.91 Å². The van der Waals surface area contributed by atoms with E-state index in [1.165, 1.54) is 70.0 Å². The number of aromatic nitrogens is 2. The Balaban J connectivity index is 0.00000127. The number of carbonyl (C=O) groups is 1. The number of amides is 1. The van der Waals surface area contributed by atoms with Gasteiger partial charge in [-0.2, -0.15) is 0 Å². The quantitative estimate of drug-likeness (QED) is 0.181. The maximum atomic E-state index is 13.2. The van der Waals surface area contributed by atoms with E-state index in [1.54, 1.807) is 6.20 Å². The maximum Gasteiger partial charge on any atom is 0.242 e. The predicted octanol–water partition coefficient (Wildman–Crippen LogP) is 6.78. The molecule has 0 spiro atoms. The monoisotopic (exact) mass is 605 g/mol. The first-order valence-corrected chi connectivity index (χ1v) is 17.3. The number of fused-ring (bicyclic) bond motifs is 1. The van der Waals surface area contributed by atoms with Crippen LogP contribution in [-0.2, 0) is 17.6 Å². The summed E-state index contributed by atoms with van der Waals surface area (Å²) in [5.41, 5.74) is 2.25. The Kier molecular flexibility index (Phi) is 16.1. The molecule has 1 aromatic rings. The van der Waals surface area contributed by atoms with Crippen molar-refractivity contribution >= 4 is 24.1 Å². The largest absolute Gasteiger partial charge is 0.372 e. The Morgan fingerprint density at radius 2 is 1.68 bits per heavy atom. The minimum absolute atomic E-state index is 0.166. The fourth-order valence-electron chi connectivity index (χ4n) is 6.63. The molecular weight excluding hydrogens is 546 g/mol. The van der Waals surface area contributed by atoms with E-state index in [1.807, 2.05) is 31.2 Å². The highest BCUT2D eigenvalue weighted by molar-refractivity contribution is 5.81. The van der Waals surface area contributed by atoms with E-state index in [0.717, 1.165) is 62.5 Å². The van der Waals surface area contributed by atoms with Crippen molar-refractivity contribution in [3.63, 3.8) is 0 Å². The van der Waals surface area contributed by atoms with Crippen LogP contribution in [0.2, 0.25) is 0 Å². The molecule has 244 valence electrons. The lowest BCUT2D eigenvalue weighted by Crippen LogP contribution is -2.50. The van der Waals surface area contributed by atoms with Gasteiger partial charge in [-0.25, -0.2) is 4.98 Å². The molecule has 1 amide bonds. The van der Waals surface area contributed by atoms with Crippen LogP contribution in [0.15, 0.2) is 48.3 Å². The Labute approximate surface area is 267 Å². The molecule has 8 nitrogen and oxygen atoms in total. The van der Waals surface area contributed by atoms with Gasteiger partial charge in [-0.15, -0.1) is 13.2 Å². The molecule has 1 aromatic heterocycles. The molecule has 4 heterocycles. The lowest BCUT2D eigenvalue weighted by atomic mass is 9.96. The third-order valence-corrected chi connectivity index (χ3v) is 9.06. The lowest BCUT2D eigenvalue weighted by Gasteiger charge is -2.35. The zero-order valence-corrected chi connectivity index (χ0v) is 28.0. The Bertz CT molecular complexity index is 1100. The third-order valence-electron chi connectivity index (χ3n) is 9.06. The molecule has 0 radical (unpaired) electrons. The highest BCUT2D eigenvalue weighted by Gasteiger charge is 2.23. The van der Waals surface area contributed by atoms with Gasteiger partial charge < -0.3 is 15.1 Å². The first-order chi connectivity index (χ1) is 21.7. The van der Waals surface area contributed by atoms with Crippen molar-refractivity contribution in [2.45, 2.75) is 91.4 Å². The Hall–Kier alpha value is -3.13. The number of anilines is 1. The van der Waals surface area contributed by atoms with Crippen molar-refractivity contribution in [3.8, 4) is 0 Å². The van der Waals surface area contributed by atoms with Crippen molar-refractivity contribution in [1.29, 1.82) is 0 Å². The number of allylic oxidation sites excluding steroid dienone is 3. The molecule has 0 bridgehead atoms. The minimum atomic E-state index is 0.166. The van der Waals surface area contributed by atoms with E-state index in [-0.39, 0.29) is 12.5 Å². The molecule has 3 aliphatic heterocycles. The molecule has 0 unspecified atom stereocenters. The smallest absolute Gasteiger partial charge is 0.242 e. The summed E-state index contributed by atoms with van der Waals surface area (Å²) < 4.78 is 2.06. The van der Waals surface area contributed by atoms with Gasteiger partial charge in [0.1, 0.15) is 11.6 Å². The van der Waals surface area contributed by atoms with Crippen LogP contribution in [0.1, 0.15) is 90.1 Å². The van der Waals surface area contributed by atoms with Crippen molar-refractivity contribution in [2.24, 2.45) is 10.9 Å². The second kappa shape index (κ2) is 20.0. The number of hydrogen-bond acceptors (Lipinski definition) is 6. The van der Waals surface area contributed by atoms with Gasteiger partial charge in [0.15, 0.2) is 0 Å². The standard InChI is InChI=1S/C32H49N7O.C2H6.C2H4/c1-2-28(37-18-7-8-19-37)12-9-13-29-32(39-21-17-33-16-14-30(39)35-29)34-26-31(40)38-24-22-36(23-25-38)20-15-27-10-5-3-4-6-11-27;2*1-2/h2,9,12,16-17,21,27,34H,3-8,10-11,13-15,18-20,22-26H2,1H3;1-2H3;1-2H2/b12-9-,28-2+;;. The number of rotatable bonds is 10. The van der Waals surface area contributed by atoms with E-state index < -0.39 is 0 Å². The summed E-state index contributed by atoms with van der Waals surface area (Å²) in [7, 11) is 0. The molecule has 1 saturated carbocycles. The first-order valence-electron chi connectivity index (χ1n) is 17.3. The second-order valence-corrected chi connectivity index (χ2v) is 11.8. The van der Waals surface area contributed by atoms with Crippen LogP contribution in [0, 0.1) is 5.92 Å². The summed E-state index contributed by atoms with van der Waals surface area (Å²) in [5.74, 6) is 2.92. The van der Waals surface area contributed by atoms with Crippen molar-refractivity contribution in [2.75, 3.05) is 57.7 Å². The SMILES string of the molecule is C/C=C(\C=C/Cc1nc2n(c1NCC(=O)N1CCN(CCC3CCCCCC3)CC1)C=CN=CC2)N1CCCC1.C=C.CC. The van der Waals surface area contributed by atoms with Crippen molar-refractivity contribution < 1.29 is 4.79 Å². The third kappa shape index (κ3) is 10.5. The highest BCUT2D eigenvalue weighted by atomic mass is 16.2. The van der Waals surface area contributed by atoms with E-state index in [0.29, 0.717) is 12.8 Å². The lowest BCUT2D eigenvalue weighted by molar-refractivity contribution is -0.131. The zero-order chi connectivity index (χ0) is 31.6. The Morgan fingerprint density at radius 3 is 2.36 bits per heavy atom. The number of aliphatic imine (C=N–C) groups is 1. The van der Waals surface area contributed by atoms with Gasteiger partial charge in [-0.1, -0.05) is 64.5 Å². The van der Waals surface area contributed by atoms with Crippen LogP contribution in [0.5, 0.6) is 0 Å². The molecule has 0 aromatic carbocycles. The average molecular weight is 606 g/mol. The summed E-state index contributed by atoms with van der Waals surface area (Å²) >= 11 is 0. The molecule has 44 heavy (non-hydrogen) atoms. The maximum absolute atomic E-state index is 13.2. The first kappa shape index (κ1) is 35.4. The molecule has 8 heteroatoms. The van der Waals surface area contributed by atoms with Gasteiger partial charge in [0.25, 0.3) is 0 Å². The Morgan fingerprint density at radius 1 is 0.977 bits per heavy atom. The van der Waals surface area contributed by atoms with E-state index in [4.69, 9.17) is 4.98 Å². The number of hydrogen-bond donors (Lipinski definition) is 1. The number of imidazole rings is 1. The highest BCUT2D eigenvalue weighted by Crippen LogP contribution is 2.26. The van der Waals surface area contributed by atoms with Crippen LogP contribution in [-0.4, -0.2) is 88.7 Å². The number of nitrogens with one attached hydrogen (secondary N) is 1. The molecule has 2 saturated heterocycles. The molecule has 3 fully saturated rings. The van der Waals surface area contributed by atoms with Gasteiger partial charge >= 0.3 is 0 Å². The fourth-order valence-corrected chi connectivity index (χ4v) is 6.63.